The van der Waals surface area contributed by atoms with Crippen molar-refractivity contribution in [3.63, 3.8) is 0 Å². The first-order chi connectivity index (χ1) is 8.90. The molecule has 94 valence electrons. The van der Waals surface area contributed by atoms with Crippen molar-refractivity contribution in [2.24, 2.45) is 0 Å². The molecule has 2 heterocycles. The molecule has 2 aromatic rings. The largest absolute Gasteiger partial charge is 0.352 e. The maximum atomic E-state index is 4.62. The highest BCUT2D eigenvalue weighted by atomic mass is 15.2. The molecule has 0 bridgehead atoms. The highest BCUT2D eigenvalue weighted by Crippen LogP contribution is 2.29. The fourth-order valence-corrected chi connectivity index (χ4v) is 2.89. The number of hydrogen-bond acceptors (Lipinski definition) is 3. The molecule has 1 saturated heterocycles. The number of nitrogens with zero attached hydrogens (tertiary/aromatic N) is 2. The fourth-order valence-electron chi connectivity index (χ4n) is 2.89. The summed E-state index contributed by atoms with van der Waals surface area (Å²) in [5.74, 6) is 1.14. The molecule has 0 spiro atoms. The quantitative estimate of drug-likeness (QED) is 0.894. The van der Waals surface area contributed by atoms with Gasteiger partial charge in [-0.25, -0.2) is 4.98 Å². The van der Waals surface area contributed by atoms with Gasteiger partial charge in [0.25, 0.3) is 0 Å². The Balaban J connectivity index is 2.03. The van der Waals surface area contributed by atoms with Gasteiger partial charge in [0.15, 0.2) is 0 Å². The summed E-state index contributed by atoms with van der Waals surface area (Å²) in [6, 6.07) is 11.2. The van der Waals surface area contributed by atoms with E-state index in [0.717, 1.165) is 18.9 Å². The van der Waals surface area contributed by atoms with Crippen LogP contribution in [0.3, 0.4) is 0 Å². The first kappa shape index (κ1) is 11.5. The molecular formula is C15H19N3. The number of rotatable bonds is 3. The SMILES string of the molecule is CNCC1CCCN1c1nccc2ccccc12. The van der Waals surface area contributed by atoms with Crippen LogP contribution < -0.4 is 10.2 Å². The van der Waals surface area contributed by atoms with Gasteiger partial charge in [0, 0.05) is 30.7 Å². The van der Waals surface area contributed by atoms with Gasteiger partial charge in [-0.1, -0.05) is 24.3 Å². The van der Waals surface area contributed by atoms with Crippen molar-refractivity contribution in [2.45, 2.75) is 18.9 Å². The van der Waals surface area contributed by atoms with Gasteiger partial charge in [-0.2, -0.15) is 0 Å². The molecule has 0 radical (unpaired) electrons. The third-order valence-electron chi connectivity index (χ3n) is 3.74. The fraction of sp³-hybridized carbons (Fsp3) is 0.400. The van der Waals surface area contributed by atoms with E-state index >= 15 is 0 Å². The van der Waals surface area contributed by atoms with Gasteiger partial charge in [-0.3, -0.25) is 0 Å². The summed E-state index contributed by atoms with van der Waals surface area (Å²) in [6.07, 6.45) is 4.44. The molecule has 1 aromatic heterocycles. The molecule has 1 unspecified atom stereocenters. The Hall–Kier alpha value is -1.61. The Morgan fingerprint density at radius 2 is 2.22 bits per heavy atom. The molecular weight excluding hydrogens is 222 g/mol. The Morgan fingerprint density at radius 3 is 3.11 bits per heavy atom. The molecule has 1 aliphatic rings. The Bertz CT molecular complexity index is 533. The second kappa shape index (κ2) is 4.94. The van der Waals surface area contributed by atoms with Gasteiger partial charge < -0.3 is 10.2 Å². The minimum atomic E-state index is 0.577. The molecule has 1 fully saturated rings. The lowest BCUT2D eigenvalue weighted by Gasteiger charge is -2.26. The van der Waals surface area contributed by atoms with E-state index in [9.17, 15) is 0 Å². The zero-order valence-corrected chi connectivity index (χ0v) is 10.8. The molecule has 1 aromatic carbocycles. The van der Waals surface area contributed by atoms with Gasteiger partial charge in [-0.05, 0) is 31.3 Å². The number of aromatic nitrogens is 1. The van der Waals surface area contributed by atoms with E-state index in [1.165, 1.54) is 23.6 Å². The van der Waals surface area contributed by atoms with Crippen LogP contribution >= 0.6 is 0 Å². The number of likely N-dealkylation sites (N-methyl/N-ethyl adjacent to an activating group) is 1. The maximum absolute atomic E-state index is 4.62. The Labute approximate surface area is 108 Å². The van der Waals surface area contributed by atoms with Gasteiger partial charge in [0.1, 0.15) is 5.82 Å². The van der Waals surface area contributed by atoms with Crippen LogP contribution in [0.2, 0.25) is 0 Å². The molecule has 1 aliphatic heterocycles. The maximum Gasteiger partial charge on any atom is 0.136 e. The zero-order valence-electron chi connectivity index (χ0n) is 10.8. The van der Waals surface area contributed by atoms with Crippen LogP contribution in [0.1, 0.15) is 12.8 Å². The first-order valence-electron chi connectivity index (χ1n) is 6.65. The van der Waals surface area contributed by atoms with Crippen LogP contribution in [0.5, 0.6) is 0 Å². The monoisotopic (exact) mass is 241 g/mol. The normalized spacial score (nSPS) is 19.6. The molecule has 3 heteroatoms. The summed E-state index contributed by atoms with van der Waals surface area (Å²) in [4.78, 5) is 7.08. The smallest absolute Gasteiger partial charge is 0.136 e. The Kier molecular flexibility index (Phi) is 3.15. The van der Waals surface area contributed by atoms with E-state index in [0.29, 0.717) is 6.04 Å². The average Bonchev–Trinajstić information content (AvgIpc) is 2.87. The van der Waals surface area contributed by atoms with Crippen LogP contribution in [0.25, 0.3) is 10.8 Å². The van der Waals surface area contributed by atoms with Crippen molar-refractivity contribution in [1.82, 2.24) is 10.3 Å². The summed E-state index contributed by atoms with van der Waals surface area (Å²) in [6.45, 7) is 2.15. The lowest BCUT2D eigenvalue weighted by molar-refractivity contribution is 0.613. The first-order valence-corrected chi connectivity index (χ1v) is 6.65. The number of anilines is 1. The van der Waals surface area contributed by atoms with Crippen molar-refractivity contribution in [1.29, 1.82) is 0 Å². The summed E-state index contributed by atoms with van der Waals surface area (Å²) in [7, 11) is 2.02. The third-order valence-corrected chi connectivity index (χ3v) is 3.74. The van der Waals surface area contributed by atoms with Crippen molar-refractivity contribution in [3.05, 3.63) is 36.5 Å². The predicted octanol–water partition coefficient (Wildman–Crippen LogP) is 2.42. The van der Waals surface area contributed by atoms with E-state index in [1.54, 1.807) is 0 Å². The van der Waals surface area contributed by atoms with E-state index in [-0.39, 0.29) is 0 Å². The highest BCUT2D eigenvalue weighted by molar-refractivity contribution is 5.92. The predicted molar refractivity (Wildman–Crippen MR) is 76.0 cm³/mol. The standard InChI is InChI=1S/C15H19N3/c1-16-11-13-6-4-10-18(13)15-14-7-3-2-5-12(14)8-9-17-15/h2-3,5,7-9,13,16H,4,6,10-11H2,1H3. The molecule has 1 atom stereocenters. The molecule has 0 aliphatic carbocycles. The third kappa shape index (κ3) is 1.95. The van der Waals surface area contributed by atoms with Crippen LogP contribution in [-0.4, -0.2) is 31.2 Å². The minimum absolute atomic E-state index is 0.577. The van der Waals surface area contributed by atoms with Crippen LogP contribution in [0.4, 0.5) is 5.82 Å². The van der Waals surface area contributed by atoms with Crippen LogP contribution in [-0.2, 0) is 0 Å². The Morgan fingerprint density at radius 1 is 1.33 bits per heavy atom. The van der Waals surface area contributed by atoms with Gasteiger partial charge >= 0.3 is 0 Å². The molecule has 0 saturated carbocycles. The van der Waals surface area contributed by atoms with E-state index in [1.807, 2.05) is 13.2 Å². The van der Waals surface area contributed by atoms with Crippen molar-refractivity contribution < 1.29 is 0 Å². The molecule has 18 heavy (non-hydrogen) atoms. The summed E-state index contributed by atoms with van der Waals surface area (Å²) < 4.78 is 0. The van der Waals surface area contributed by atoms with Gasteiger partial charge in [-0.15, -0.1) is 0 Å². The number of nitrogens with one attached hydrogen (secondary N) is 1. The van der Waals surface area contributed by atoms with Crippen molar-refractivity contribution in [3.8, 4) is 0 Å². The van der Waals surface area contributed by atoms with Gasteiger partial charge in [0.2, 0.25) is 0 Å². The van der Waals surface area contributed by atoms with Crippen molar-refractivity contribution in [2.75, 3.05) is 25.0 Å². The molecule has 1 N–H and O–H groups in total. The number of pyridine rings is 1. The topological polar surface area (TPSA) is 28.2 Å². The van der Waals surface area contributed by atoms with Gasteiger partial charge in [0.05, 0.1) is 0 Å². The summed E-state index contributed by atoms with van der Waals surface area (Å²) in [5, 5.41) is 5.83. The minimum Gasteiger partial charge on any atom is -0.352 e. The zero-order chi connectivity index (χ0) is 12.4. The van der Waals surface area contributed by atoms with Crippen LogP contribution in [0.15, 0.2) is 36.5 Å². The van der Waals surface area contributed by atoms with Crippen molar-refractivity contribution >= 4 is 16.6 Å². The van der Waals surface area contributed by atoms with Crippen LogP contribution in [0, 0.1) is 0 Å². The van der Waals surface area contributed by atoms with E-state index in [2.05, 4.69) is 45.5 Å². The average molecular weight is 241 g/mol. The summed E-state index contributed by atoms with van der Waals surface area (Å²) in [5.41, 5.74) is 0. The second-order valence-corrected chi connectivity index (χ2v) is 4.90. The lowest BCUT2D eigenvalue weighted by Crippen LogP contribution is -2.37. The molecule has 0 amide bonds. The second-order valence-electron chi connectivity index (χ2n) is 4.90. The molecule has 3 nitrogen and oxygen atoms in total. The highest BCUT2D eigenvalue weighted by Gasteiger charge is 2.25. The molecule has 3 rings (SSSR count). The lowest BCUT2D eigenvalue weighted by atomic mass is 10.1. The number of fused-ring (bicyclic) bond motifs is 1. The number of hydrogen-bond donors (Lipinski definition) is 1. The van der Waals surface area contributed by atoms with E-state index < -0.39 is 0 Å². The van der Waals surface area contributed by atoms with E-state index in [4.69, 9.17) is 0 Å². The number of benzene rings is 1. The summed E-state index contributed by atoms with van der Waals surface area (Å²) >= 11 is 0.